The summed E-state index contributed by atoms with van der Waals surface area (Å²) in [5.41, 5.74) is 7.22. The first-order chi connectivity index (χ1) is 16.0. The maximum absolute atomic E-state index is 5.85. The minimum absolute atomic E-state index is 0.204. The predicted octanol–water partition coefficient (Wildman–Crippen LogP) is 6.22. The van der Waals surface area contributed by atoms with Crippen molar-refractivity contribution in [3.05, 3.63) is 107 Å². The maximum Gasteiger partial charge on any atom is 0.258 e. The van der Waals surface area contributed by atoms with E-state index >= 15 is 0 Å². The van der Waals surface area contributed by atoms with Crippen molar-refractivity contribution < 1.29 is 4.52 Å². The van der Waals surface area contributed by atoms with Crippen LogP contribution < -0.4 is 10.2 Å². The van der Waals surface area contributed by atoms with Gasteiger partial charge in [-0.3, -0.25) is 4.90 Å². The third-order valence-electron chi connectivity index (χ3n) is 5.77. The molecule has 0 radical (unpaired) electrons. The van der Waals surface area contributed by atoms with Crippen molar-refractivity contribution in [3.8, 4) is 11.4 Å². The van der Waals surface area contributed by atoms with Crippen LogP contribution in [0.25, 0.3) is 17.0 Å². The third kappa shape index (κ3) is 4.05. The summed E-state index contributed by atoms with van der Waals surface area (Å²) in [5, 5.41) is 8.43. The van der Waals surface area contributed by atoms with Crippen LogP contribution in [0.1, 0.15) is 35.5 Å². The van der Waals surface area contributed by atoms with Crippen molar-refractivity contribution in [2.24, 2.45) is 0 Å². The molecule has 0 amide bonds. The molecule has 1 aliphatic heterocycles. The van der Waals surface area contributed by atoms with E-state index in [2.05, 4.69) is 66.5 Å². The number of anilines is 1. The summed E-state index contributed by atoms with van der Waals surface area (Å²) < 4.78 is 5.82. The Morgan fingerprint density at radius 1 is 0.879 bits per heavy atom. The average Bonchev–Trinajstić information content (AvgIpc) is 3.29. The highest BCUT2D eigenvalue weighted by atomic mass is 32.1. The smallest absolute Gasteiger partial charge is 0.258 e. The van der Waals surface area contributed by atoms with Crippen LogP contribution in [0, 0.1) is 13.8 Å². The molecule has 5 nitrogen and oxygen atoms in total. The van der Waals surface area contributed by atoms with E-state index in [-0.39, 0.29) is 6.04 Å². The van der Waals surface area contributed by atoms with Gasteiger partial charge in [0.05, 0.1) is 11.6 Å². The first kappa shape index (κ1) is 21.1. The number of benzene rings is 3. The number of aromatic nitrogens is 2. The molecule has 4 aromatic rings. The highest BCUT2D eigenvalue weighted by Gasteiger charge is 2.34. The maximum atomic E-state index is 5.85. The SMILES string of the molecule is CC1=C(c2nc(-c3ccccc3)no2)C(c2ccccc2)NC(=S)N1c1cc(C)cc(C)c1. The third-order valence-corrected chi connectivity index (χ3v) is 6.07. The molecule has 1 aromatic heterocycles. The van der Waals surface area contributed by atoms with Crippen LogP contribution in [-0.2, 0) is 0 Å². The lowest BCUT2D eigenvalue weighted by Gasteiger charge is -2.37. The normalized spacial score (nSPS) is 16.2. The van der Waals surface area contributed by atoms with E-state index in [0.717, 1.165) is 28.1 Å². The van der Waals surface area contributed by atoms with E-state index in [1.807, 2.05) is 48.5 Å². The van der Waals surface area contributed by atoms with Crippen molar-refractivity contribution in [1.82, 2.24) is 15.5 Å². The molecule has 1 atom stereocenters. The molecule has 0 bridgehead atoms. The van der Waals surface area contributed by atoms with Gasteiger partial charge in [-0.05, 0) is 61.8 Å². The summed E-state index contributed by atoms with van der Waals surface area (Å²) >= 11 is 5.85. The largest absolute Gasteiger partial charge is 0.351 e. The van der Waals surface area contributed by atoms with Gasteiger partial charge in [-0.15, -0.1) is 0 Å². The van der Waals surface area contributed by atoms with Crippen LogP contribution in [0.15, 0.2) is 89.1 Å². The van der Waals surface area contributed by atoms with Crippen molar-refractivity contribution >= 4 is 28.6 Å². The fourth-order valence-electron chi connectivity index (χ4n) is 4.34. The molecule has 1 N–H and O–H groups in total. The van der Waals surface area contributed by atoms with Gasteiger partial charge in [0.2, 0.25) is 5.82 Å². The lowest BCUT2D eigenvalue weighted by molar-refractivity contribution is 0.404. The molecule has 0 aliphatic carbocycles. The average molecular weight is 453 g/mol. The molecule has 0 spiro atoms. The Bertz CT molecular complexity index is 1320. The molecule has 0 fully saturated rings. The Kier molecular flexibility index (Phi) is 5.52. The van der Waals surface area contributed by atoms with E-state index in [4.69, 9.17) is 21.7 Å². The van der Waals surface area contributed by atoms with Crippen LogP contribution in [0.3, 0.4) is 0 Å². The molecule has 6 heteroatoms. The Morgan fingerprint density at radius 2 is 1.52 bits per heavy atom. The van der Waals surface area contributed by atoms with Crippen molar-refractivity contribution in [3.63, 3.8) is 0 Å². The molecule has 3 aromatic carbocycles. The Labute approximate surface area is 198 Å². The van der Waals surface area contributed by atoms with Crippen LogP contribution in [0.5, 0.6) is 0 Å². The summed E-state index contributed by atoms with van der Waals surface area (Å²) in [6.07, 6.45) is 0. The minimum Gasteiger partial charge on any atom is -0.351 e. The number of rotatable bonds is 4. The van der Waals surface area contributed by atoms with Crippen LogP contribution in [-0.4, -0.2) is 15.3 Å². The van der Waals surface area contributed by atoms with Crippen LogP contribution in [0.2, 0.25) is 0 Å². The number of nitrogens with zero attached hydrogens (tertiary/aromatic N) is 3. The zero-order valence-electron chi connectivity index (χ0n) is 18.7. The number of nitrogens with one attached hydrogen (secondary N) is 1. The number of aryl methyl sites for hydroxylation is 2. The summed E-state index contributed by atoms with van der Waals surface area (Å²) in [5.74, 6) is 1.04. The van der Waals surface area contributed by atoms with Crippen LogP contribution in [0.4, 0.5) is 5.69 Å². The monoisotopic (exact) mass is 452 g/mol. The number of hydrogen-bond donors (Lipinski definition) is 1. The topological polar surface area (TPSA) is 54.2 Å². The lowest BCUT2D eigenvalue weighted by atomic mass is 9.94. The van der Waals surface area contributed by atoms with Gasteiger partial charge in [-0.2, -0.15) is 4.98 Å². The predicted molar refractivity (Wildman–Crippen MR) is 136 cm³/mol. The van der Waals surface area contributed by atoms with Gasteiger partial charge >= 0.3 is 0 Å². The molecular formula is C27H24N4OS. The number of allylic oxidation sites excluding steroid dienone is 1. The Balaban J connectivity index is 1.67. The van der Waals surface area contributed by atoms with E-state index in [1.54, 1.807) is 0 Å². The Morgan fingerprint density at radius 3 is 2.18 bits per heavy atom. The molecule has 2 heterocycles. The molecule has 5 rings (SSSR count). The Hall–Kier alpha value is -3.77. The first-order valence-electron chi connectivity index (χ1n) is 10.9. The van der Waals surface area contributed by atoms with E-state index in [9.17, 15) is 0 Å². The summed E-state index contributed by atoms with van der Waals surface area (Å²) in [6.45, 7) is 6.24. The zero-order chi connectivity index (χ0) is 22.9. The number of hydrogen-bond acceptors (Lipinski definition) is 4. The van der Waals surface area contributed by atoms with E-state index in [0.29, 0.717) is 16.8 Å². The van der Waals surface area contributed by atoms with Gasteiger partial charge in [0.1, 0.15) is 0 Å². The van der Waals surface area contributed by atoms with Gasteiger partial charge in [0.25, 0.3) is 5.89 Å². The number of thiocarbonyl (C=S) groups is 1. The summed E-state index contributed by atoms with van der Waals surface area (Å²) in [4.78, 5) is 6.83. The van der Waals surface area contributed by atoms with Gasteiger partial charge in [0, 0.05) is 16.9 Å². The molecule has 1 aliphatic rings. The molecule has 33 heavy (non-hydrogen) atoms. The van der Waals surface area contributed by atoms with Gasteiger partial charge in [-0.25, -0.2) is 0 Å². The quantitative estimate of drug-likeness (QED) is 0.371. The van der Waals surface area contributed by atoms with Gasteiger partial charge < -0.3 is 9.84 Å². The van der Waals surface area contributed by atoms with Crippen molar-refractivity contribution in [2.75, 3.05) is 4.90 Å². The second-order valence-corrected chi connectivity index (χ2v) is 8.65. The van der Waals surface area contributed by atoms with E-state index in [1.165, 1.54) is 11.1 Å². The van der Waals surface area contributed by atoms with Crippen molar-refractivity contribution in [2.45, 2.75) is 26.8 Å². The summed E-state index contributed by atoms with van der Waals surface area (Å²) in [6, 6.07) is 26.3. The zero-order valence-corrected chi connectivity index (χ0v) is 19.6. The van der Waals surface area contributed by atoms with Crippen LogP contribution >= 0.6 is 12.2 Å². The standard InChI is InChI=1S/C27H24N4OS/c1-17-14-18(2)16-22(15-17)31-19(3)23(24(28-27(31)33)20-10-6-4-7-11-20)26-29-25(30-32-26)21-12-8-5-9-13-21/h4-16,24H,1-3H3,(H,28,33). The highest BCUT2D eigenvalue weighted by molar-refractivity contribution is 7.80. The second kappa shape index (κ2) is 8.64. The fourth-order valence-corrected chi connectivity index (χ4v) is 4.70. The highest BCUT2D eigenvalue weighted by Crippen LogP contribution is 2.39. The lowest BCUT2D eigenvalue weighted by Crippen LogP contribution is -2.46. The molecular weight excluding hydrogens is 428 g/mol. The molecule has 0 saturated heterocycles. The second-order valence-electron chi connectivity index (χ2n) is 8.26. The molecule has 1 unspecified atom stereocenters. The van der Waals surface area contributed by atoms with Crippen molar-refractivity contribution in [1.29, 1.82) is 0 Å². The van der Waals surface area contributed by atoms with Gasteiger partial charge in [0.15, 0.2) is 5.11 Å². The molecule has 0 saturated carbocycles. The molecule has 164 valence electrons. The fraction of sp³-hybridized carbons (Fsp3) is 0.148. The van der Waals surface area contributed by atoms with E-state index < -0.39 is 0 Å². The minimum atomic E-state index is -0.204. The first-order valence-corrected chi connectivity index (χ1v) is 11.3. The summed E-state index contributed by atoms with van der Waals surface area (Å²) in [7, 11) is 0. The van der Waals surface area contributed by atoms with Gasteiger partial charge in [-0.1, -0.05) is 71.9 Å².